The molecule has 0 saturated carbocycles. The molecule has 0 bridgehead atoms. The van der Waals surface area contributed by atoms with E-state index in [4.69, 9.17) is 4.79 Å². The van der Waals surface area contributed by atoms with E-state index in [9.17, 15) is 14.4 Å². The molecular formula is C28H28N4O4. The van der Waals surface area contributed by atoms with E-state index < -0.39 is 0 Å². The Morgan fingerprint density at radius 1 is 0.778 bits per heavy atom. The van der Waals surface area contributed by atoms with Crippen molar-refractivity contribution in [1.29, 1.82) is 0 Å². The standard InChI is InChI=1S/C25H20N4O3.C2H6.CH2O/c1-15-7-3-4-8-18(15)21-13-17-14-26-16(2)27-22(17)28(25(21)32)11-12-29-23(30)19-9-5-6-10-20(19)24(29)31;2*1-2/h3-10,13-14H,11-12H2,1-2H3;1-2H3;1H2. The Morgan fingerprint density at radius 3 is 1.92 bits per heavy atom. The molecule has 2 aromatic heterocycles. The SMILES string of the molecule is C=O.CC.Cc1ncc2cc(-c3ccccc3C)c(=O)n(CCN3C(=O)c4ccccc4C3=O)c2n1. The number of aryl methyl sites for hydroxylation is 2. The van der Waals surface area contributed by atoms with Crippen LogP contribution in [0.3, 0.4) is 0 Å². The average Bonchev–Trinajstić information content (AvgIpc) is 3.15. The number of carbonyl (C=O) groups is 3. The molecule has 0 atom stereocenters. The highest BCUT2D eigenvalue weighted by Crippen LogP contribution is 2.25. The summed E-state index contributed by atoms with van der Waals surface area (Å²) in [4.78, 5) is 57.0. The zero-order chi connectivity index (χ0) is 26.4. The van der Waals surface area contributed by atoms with Crippen molar-refractivity contribution < 1.29 is 14.4 Å². The molecule has 8 heteroatoms. The van der Waals surface area contributed by atoms with Crippen LogP contribution < -0.4 is 5.56 Å². The second-order valence-corrected chi connectivity index (χ2v) is 7.83. The van der Waals surface area contributed by atoms with E-state index >= 15 is 0 Å². The Hall–Kier alpha value is -4.46. The number of aromatic nitrogens is 3. The normalized spacial score (nSPS) is 11.9. The van der Waals surface area contributed by atoms with Gasteiger partial charge >= 0.3 is 0 Å². The highest BCUT2D eigenvalue weighted by Gasteiger charge is 2.34. The first-order valence-corrected chi connectivity index (χ1v) is 11.6. The van der Waals surface area contributed by atoms with Crippen LogP contribution in [0.25, 0.3) is 22.2 Å². The average molecular weight is 485 g/mol. The molecule has 3 heterocycles. The van der Waals surface area contributed by atoms with E-state index in [1.807, 2.05) is 51.8 Å². The van der Waals surface area contributed by atoms with Crippen LogP contribution in [-0.4, -0.2) is 44.6 Å². The smallest absolute Gasteiger partial charge is 0.261 e. The fourth-order valence-electron chi connectivity index (χ4n) is 4.16. The predicted molar refractivity (Wildman–Crippen MR) is 139 cm³/mol. The molecule has 2 amide bonds. The molecule has 4 aromatic rings. The molecular weight excluding hydrogens is 456 g/mol. The van der Waals surface area contributed by atoms with Crippen LogP contribution in [0.1, 0.15) is 46.0 Å². The summed E-state index contributed by atoms with van der Waals surface area (Å²) in [5.41, 5.74) is 3.38. The lowest BCUT2D eigenvalue weighted by Gasteiger charge is -2.17. The van der Waals surface area contributed by atoms with Crippen LogP contribution in [-0.2, 0) is 11.3 Å². The zero-order valence-electron chi connectivity index (χ0n) is 20.8. The van der Waals surface area contributed by atoms with Gasteiger partial charge in [0, 0.05) is 30.2 Å². The summed E-state index contributed by atoms with van der Waals surface area (Å²) < 4.78 is 1.54. The van der Waals surface area contributed by atoms with E-state index in [2.05, 4.69) is 9.97 Å². The van der Waals surface area contributed by atoms with E-state index in [0.29, 0.717) is 28.2 Å². The summed E-state index contributed by atoms with van der Waals surface area (Å²) in [5.74, 6) is -0.150. The van der Waals surface area contributed by atoms with E-state index in [1.165, 1.54) is 9.47 Å². The summed E-state index contributed by atoms with van der Waals surface area (Å²) >= 11 is 0. The molecule has 2 aromatic carbocycles. The van der Waals surface area contributed by atoms with Crippen molar-refractivity contribution in [3.8, 4) is 11.1 Å². The Morgan fingerprint density at radius 2 is 1.33 bits per heavy atom. The number of hydrogen-bond donors (Lipinski definition) is 0. The number of fused-ring (bicyclic) bond motifs is 2. The van der Waals surface area contributed by atoms with Gasteiger partial charge in [0.25, 0.3) is 17.4 Å². The van der Waals surface area contributed by atoms with Crippen LogP contribution in [0.4, 0.5) is 0 Å². The Kier molecular flexibility index (Phi) is 8.22. The number of imide groups is 1. The second kappa shape index (κ2) is 11.3. The lowest BCUT2D eigenvalue weighted by atomic mass is 10.0. The van der Waals surface area contributed by atoms with Gasteiger partial charge < -0.3 is 4.79 Å². The highest BCUT2D eigenvalue weighted by molar-refractivity contribution is 6.21. The third kappa shape index (κ3) is 4.70. The third-order valence-corrected chi connectivity index (χ3v) is 5.81. The lowest BCUT2D eigenvalue weighted by molar-refractivity contribution is -0.0980. The Bertz CT molecular complexity index is 1460. The largest absolute Gasteiger partial charge is 0.307 e. The number of hydrogen-bond acceptors (Lipinski definition) is 6. The molecule has 0 aliphatic carbocycles. The van der Waals surface area contributed by atoms with Crippen molar-refractivity contribution in [3.63, 3.8) is 0 Å². The third-order valence-electron chi connectivity index (χ3n) is 5.81. The van der Waals surface area contributed by atoms with Gasteiger partial charge in [-0.1, -0.05) is 50.2 Å². The fourth-order valence-corrected chi connectivity index (χ4v) is 4.16. The molecule has 0 spiro atoms. The molecule has 0 radical (unpaired) electrons. The first-order valence-electron chi connectivity index (χ1n) is 11.6. The number of amides is 2. The van der Waals surface area contributed by atoms with E-state index in [0.717, 1.165) is 16.5 Å². The minimum Gasteiger partial charge on any atom is -0.307 e. The first-order chi connectivity index (χ1) is 17.5. The molecule has 1 aliphatic heterocycles. The maximum Gasteiger partial charge on any atom is 0.261 e. The van der Waals surface area contributed by atoms with Gasteiger partial charge in [0.15, 0.2) is 0 Å². The second-order valence-electron chi connectivity index (χ2n) is 7.83. The van der Waals surface area contributed by atoms with Crippen LogP contribution in [0, 0.1) is 13.8 Å². The molecule has 0 saturated heterocycles. The summed E-state index contributed by atoms with van der Waals surface area (Å²) in [5, 5.41) is 0.718. The molecule has 0 fully saturated rings. The van der Waals surface area contributed by atoms with Crippen LogP contribution in [0.5, 0.6) is 0 Å². The van der Waals surface area contributed by atoms with Gasteiger partial charge in [-0.25, -0.2) is 9.97 Å². The minimum absolute atomic E-state index is 0.0711. The summed E-state index contributed by atoms with van der Waals surface area (Å²) in [7, 11) is 0. The number of pyridine rings is 1. The van der Waals surface area contributed by atoms with E-state index in [-0.39, 0.29) is 30.5 Å². The molecule has 0 N–H and O–H groups in total. The van der Waals surface area contributed by atoms with Crippen molar-refractivity contribution in [2.45, 2.75) is 34.2 Å². The maximum absolute atomic E-state index is 13.5. The topological polar surface area (TPSA) is 102 Å². The quantitative estimate of drug-likeness (QED) is 0.402. The summed E-state index contributed by atoms with van der Waals surface area (Å²) in [6, 6.07) is 16.2. The summed E-state index contributed by atoms with van der Waals surface area (Å²) in [6.45, 7) is 9.92. The molecule has 5 rings (SSSR count). The molecule has 184 valence electrons. The van der Waals surface area contributed by atoms with Crippen molar-refractivity contribution in [2.24, 2.45) is 0 Å². The van der Waals surface area contributed by atoms with Crippen molar-refractivity contribution >= 4 is 29.6 Å². The summed E-state index contributed by atoms with van der Waals surface area (Å²) in [6.07, 6.45) is 1.69. The molecule has 8 nitrogen and oxygen atoms in total. The number of nitrogens with zero attached hydrogens (tertiary/aromatic N) is 4. The highest BCUT2D eigenvalue weighted by atomic mass is 16.2. The molecule has 1 aliphatic rings. The number of carbonyl (C=O) groups excluding carboxylic acids is 3. The minimum atomic E-state index is -0.344. The van der Waals surface area contributed by atoms with Gasteiger partial charge in [0.05, 0.1) is 11.1 Å². The van der Waals surface area contributed by atoms with Gasteiger partial charge in [-0.2, -0.15) is 0 Å². The van der Waals surface area contributed by atoms with Gasteiger partial charge in [0.1, 0.15) is 18.3 Å². The number of benzene rings is 2. The van der Waals surface area contributed by atoms with Gasteiger partial charge in [-0.3, -0.25) is 23.9 Å². The number of rotatable bonds is 4. The fraction of sp³-hybridized carbons (Fsp3) is 0.214. The lowest BCUT2D eigenvalue weighted by Crippen LogP contribution is -2.35. The Labute approximate surface area is 209 Å². The molecule has 36 heavy (non-hydrogen) atoms. The van der Waals surface area contributed by atoms with Gasteiger partial charge in [-0.15, -0.1) is 0 Å². The predicted octanol–water partition coefficient (Wildman–Crippen LogP) is 4.21. The monoisotopic (exact) mass is 484 g/mol. The van der Waals surface area contributed by atoms with Crippen molar-refractivity contribution in [2.75, 3.05) is 6.54 Å². The van der Waals surface area contributed by atoms with Gasteiger partial charge in [-0.05, 0) is 43.2 Å². The first kappa shape index (κ1) is 26.2. The zero-order valence-corrected chi connectivity index (χ0v) is 20.8. The Balaban J connectivity index is 0.000000861. The van der Waals surface area contributed by atoms with Crippen LogP contribution >= 0.6 is 0 Å². The maximum atomic E-state index is 13.5. The van der Waals surface area contributed by atoms with E-state index in [1.54, 1.807) is 43.5 Å². The van der Waals surface area contributed by atoms with Crippen LogP contribution in [0.15, 0.2) is 65.6 Å². The van der Waals surface area contributed by atoms with Crippen molar-refractivity contribution in [3.05, 3.63) is 93.7 Å². The van der Waals surface area contributed by atoms with Crippen molar-refractivity contribution in [1.82, 2.24) is 19.4 Å². The van der Waals surface area contributed by atoms with Gasteiger partial charge in [0.2, 0.25) is 0 Å². The van der Waals surface area contributed by atoms with Crippen LogP contribution in [0.2, 0.25) is 0 Å². The molecule has 0 unspecified atom stereocenters.